The van der Waals surface area contributed by atoms with Gasteiger partial charge in [0.1, 0.15) is 0 Å². The van der Waals surface area contributed by atoms with E-state index < -0.39 is 0 Å². The lowest BCUT2D eigenvalue weighted by molar-refractivity contribution is 0.229. The molecule has 0 bridgehead atoms. The molecule has 0 aromatic carbocycles. The minimum Gasteiger partial charge on any atom is -0.327 e. The molecule has 3 aliphatic carbocycles. The fourth-order valence-corrected chi connectivity index (χ4v) is 5.69. The van der Waals surface area contributed by atoms with E-state index in [9.17, 15) is 0 Å². The first-order valence-electron chi connectivity index (χ1n) is 9.48. The largest absolute Gasteiger partial charge is 0.327 e. The molecule has 0 aliphatic heterocycles. The zero-order valence-electron chi connectivity index (χ0n) is 13.5. The Morgan fingerprint density at radius 1 is 0.800 bits per heavy atom. The van der Waals surface area contributed by atoms with Crippen LogP contribution in [-0.2, 0) is 0 Å². The molecule has 3 saturated carbocycles. The third-order valence-corrected chi connectivity index (χ3v) is 6.77. The van der Waals surface area contributed by atoms with Gasteiger partial charge in [-0.2, -0.15) is 0 Å². The van der Waals surface area contributed by atoms with Crippen LogP contribution in [0.1, 0.15) is 84.0 Å². The second-order valence-corrected chi connectivity index (χ2v) is 8.43. The molecule has 3 rings (SSSR count). The highest BCUT2D eigenvalue weighted by molar-refractivity contribution is 4.88. The average Bonchev–Trinajstić information content (AvgIpc) is 3.07. The summed E-state index contributed by atoms with van der Waals surface area (Å²) in [5, 5.41) is 0. The van der Waals surface area contributed by atoms with Gasteiger partial charge in [-0.25, -0.2) is 0 Å². The topological polar surface area (TPSA) is 26.0 Å². The van der Waals surface area contributed by atoms with Crippen LogP contribution in [0.25, 0.3) is 0 Å². The van der Waals surface area contributed by atoms with Crippen molar-refractivity contribution in [1.29, 1.82) is 0 Å². The van der Waals surface area contributed by atoms with Gasteiger partial charge >= 0.3 is 0 Å². The predicted molar refractivity (Wildman–Crippen MR) is 86.5 cm³/mol. The van der Waals surface area contributed by atoms with Gasteiger partial charge in [-0.15, -0.1) is 0 Å². The fraction of sp³-hybridized carbons (Fsp3) is 1.00. The Balaban J connectivity index is 1.63. The predicted octanol–water partition coefficient (Wildman–Crippen LogP) is 5.14. The van der Waals surface area contributed by atoms with Gasteiger partial charge in [-0.3, -0.25) is 0 Å². The monoisotopic (exact) mass is 277 g/mol. The van der Waals surface area contributed by atoms with E-state index in [-0.39, 0.29) is 0 Å². The molecule has 0 spiro atoms. The minimum atomic E-state index is 0.497. The van der Waals surface area contributed by atoms with Crippen molar-refractivity contribution in [1.82, 2.24) is 0 Å². The lowest BCUT2D eigenvalue weighted by Crippen LogP contribution is -2.32. The Bertz CT molecular complexity index is 288. The maximum absolute atomic E-state index is 6.61. The normalized spacial score (nSPS) is 41.1. The highest BCUT2D eigenvalue weighted by atomic mass is 14.7. The average molecular weight is 277 g/mol. The highest BCUT2D eigenvalue weighted by Crippen LogP contribution is 2.44. The Kier molecular flexibility index (Phi) is 5.07. The van der Waals surface area contributed by atoms with Gasteiger partial charge in [0.15, 0.2) is 0 Å². The molecule has 20 heavy (non-hydrogen) atoms. The molecule has 3 aliphatic rings. The van der Waals surface area contributed by atoms with Crippen molar-refractivity contribution in [3.05, 3.63) is 0 Å². The van der Waals surface area contributed by atoms with Crippen LogP contribution < -0.4 is 5.73 Å². The summed E-state index contributed by atoms with van der Waals surface area (Å²) >= 11 is 0. The van der Waals surface area contributed by atoms with E-state index in [4.69, 9.17) is 5.73 Å². The van der Waals surface area contributed by atoms with Crippen molar-refractivity contribution < 1.29 is 0 Å². The van der Waals surface area contributed by atoms with Crippen molar-refractivity contribution in [3.63, 3.8) is 0 Å². The molecule has 0 aromatic rings. The van der Waals surface area contributed by atoms with Gasteiger partial charge in [-0.1, -0.05) is 58.3 Å². The summed E-state index contributed by atoms with van der Waals surface area (Å²) in [6, 6.07) is 0.497. The van der Waals surface area contributed by atoms with E-state index in [1.807, 2.05) is 0 Å². The van der Waals surface area contributed by atoms with Crippen molar-refractivity contribution in [2.24, 2.45) is 35.3 Å². The lowest BCUT2D eigenvalue weighted by atomic mass is 9.78. The van der Waals surface area contributed by atoms with Crippen LogP contribution in [0.15, 0.2) is 0 Å². The first-order chi connectivity index (χ1) is 9.72. The first kappa shape index (κ1) is 14.9. The minimum absolute atomic E-state index is 0.497. The van der Waals surface area contributed by atoms with Crippen molar-refractivity contribution in [3.8, 4) is 0 Å². The molecular formula is C19H35N. The maximum Gasteiger partial charge on any atom is 0.00699 e. The van der Waals surface area contributed by atoms with Crippen LogP contribution in [0, 0.1) is 29.6 Å². The second kappa shape index (κ2) is 6.81. The van der Waals surface area contributed by atoms with Crippen LogP contribution in [0.4, 0.5) is 0 Å². The quantitative estimate of drug-likeness (QED) is 0.710. The van der Waals surface area contributed by atoms with Crippen molar-refractivity contribution in [2.45, 2.75) is 90.0 Å². The molecule has 116 valence electrons. The second-order valence-electron chi connectivity index (χ2n) is 8.43. The van der Waals surface area contributed by atoms with Crippen LogP contribution in [0.2, 0.25) is 0 Å². The lowest BCUT2D eigenvalue weighted by Gasteiger charge is -2.29. The summed E-state index contributed by atoms with van der Waals surface area (Å²) in [7, 11) is 0. The summed E-state index contributed by atoms with van der Waals surface area (Å²) in [6.07, 6.45) is 17.7. The summed E-state index contributed by atoms with van der Waals surface area (Å²) in [6.45, 7) is 2.46. The van der Waals surface area contributed by atoms with E-state index in [1.54, 1.807) is 0 Å². The fourth-order valence-electron chi connectivity index (χ4n) is 5.69. The molecule has 1 heteroatoms. The molecule has 4 atom stereocenters. The molecule has 0 amide bonds. The molecule has 0 heterocycles. The third-order valence-electron chi connectivity index (χ3n) is 6.77. The molecule has 3 unspecified atom stereocenters. The third kappa shape index (κ3) is 3.59. The van der Waals surface area contributed by atoms with Gasteiger partial charge in [-0.05, 0) is 55.3 Å². The Morgan fingerprint density at radius 3 is 2.15 bits per heavy atom. The van der Waals surface area contributed by atoms with E-state index in [2.05, 4.69) is 6.92 Å². The van der Waals surface area contributed by atoms with Gasteiger partial charge in [0, 0.05) is 6.04 Å². The first-order valence-corrected chi connectivity index (χ1v) is 9.48. The number of rotatable bonds is 3. The van der Waals surface area contributed by atoms with Gasteiger partial charge in [0.25, 0.3) is 0 Å². The Morgan fingerprint density at radius 2 is 1.45 bits per heavy atom. The van der Waals surface area contributed by atoms with Crippen molar-refractivity contribution >= 4 is 0 Å². The molecule has 1 nitrogen and oxygen atoms in total. The number of hydrogen-bond donors (Lipinski definition) is 1. The van der Waals surface area contributed by atoms with E-state index >= 15 is 0 Å². The molecule has 0 radical (unpaired) electrons. The zero-order valence-corrected chi connectivity index (χ0v) is 13.5. The van der Waals surface area contributed by atoms with Crippen LogP contribution in [0.3, 0.4) is 0 Å². The molecule has 0 aromatic heterocycles. The number of hydrogen-bond acceptors (Lipinski definition) is 1. The van der Waals surface area contributed by atoms with Gasteiger partial charge < -0.3 is 5.73 Å². The number of nitrogens with two attached hydrogens (primary N) is 1. The molecular weight excluding hydrogens is 242 g/mol. The SMILES string of the molecule is CC1CC(C2CCCC2)CC(CC2CCCC2)[C@H](N)C1. The van der Waals surface area contributed by atoms with Crippen molar-refractivity contribution in [2.75, 3.05) is 0 Å². The Labute approximate surface area is 126 Å². The van der Waals surface area contributed by atoms with Crippen LogP contribution in [-0.4, -0.2) is 6.04 Å². The van der Waals surface area contributed by atoms with E-state index in [0.717, 1.165) is 29.6 Å². The summed E-state index contributed by atoms with van der Waals surface area (Å²) in [5.41, 5.74) is 6.61. The highest BCUT2D eigenvalue weighted by Gasteiger charge is 2.35. The van der Waals surface area contributed by atoms with Crippen LogP contribution >= 0.6 is 0 Å². The summed E-state index contributed by atoms with van der Waals surface area (Å²) in [5.74, 6) is 4.78. The van der Waals surface area contributed by atoms with E-state index in [0.29, 0.717) is 6.04 Å². The smallest absolute Gasteiger partial charge is 0.00699 e. The standard InChI is InChI=1S/C19H35N/c1-14-10-17(16-8-4-5-9-16)13-18(19(20)11-14)12-15-6-2-3-7-15/h14-19H,2-13,20H2,1H3/t14?,17?,18?,19-/m1/s1. The van der Waals surface area contributed by atoms with Gasteiger partial charge in [0.05, 0.1) is 0 Å². The maximum atomic E-state index is 6.61. The molecule has 3 fully saturated rings. The van der Waals surface area contributed by atoms with E-state index in [1.165, 1.54) is 77.0 Å². The summed E-state index contributed by atoms with van der Waals surface area (Å²) in [4.78, 5) is 0. The Hall–Kier alpha value is -0.0400. The zero-order chi connectivity index (χ0) is 13.9. The molecule has 0 saturated heterocycles. The summed E-state index contributed by atoms with van der Waals surface area (Å²) < 4.78 is 0. The molecule has 2 N–H and O–H groups in total. The van der Waals surface area contributed by atoms with Gasteiger partial charge in [0.2, 0.25) is 0 Å². The van der Waals surface area contributed by atoms with Crippen LogP contribution in [0.5, 0.6) is 0 Å².